The summed E-state index contributed by atoms with van der Waals surface area (Å²) in [5.41, 5.74) is 1.47. The third kappa shape index (κ3) is 3.72. The molecule has 2 aromatic heterocycles. The highest BCUT2D eigenvalue weighted by molar-refractivity contribution is 7.15. The Balaban J connectivity index is 1.44. The molecule has 4 aromatic rings. The van der Waals surface area contributed by atoms with Gasteiger partial charge in [0.1, 0.15) is 5.82 Å². The molecule has 0 aliphatic carbocycles. The van der Waals surface area contributed by atoms with Gasteiger partial charge in [0.2, 0.25) is 10.1 Å². The Bertz CT molecular complexity index is 1410. The number of benzene rings is 2. The number of hydrogen-bond acceptors (Lipinski definition) is 7. The van der Waals surface area contributed by atoms with E-state index >= 15 is 0 Å². The summed E-state index contributed by atoms with van der Waals surface area (Å²) in [7, 11) is 1.26. The molecule has 5 rings (SSSR count). The van der Waals surface area contributed by atoms with Gasteiger partial charge in [-0.3, -0.25) is 4.57 Å². The molecule has 0 spiro atoms. The van der Waals surface area contributed by atoms with Gasteiger partial charge >= 0.3 is 11.7 Å². The number of rotatable bonds is 5. The van der Waals surface area contributed by atoms with Crippen LogP contribution in [-0.2, 0) is 11.2 Å². The molecule has 10 heteroatoms. The molecular weight excluding hydrogens is 447 g/mol. The maximum absolute atomic E-state index is 14.9. The van der Waals surface area contributed by atoms with Crippen LogP contribution < -0.4 is 10.4 Å². The average molecular weight is 466 g/mol. The van der Waals surface area contributed by atoms with E-state index in [1.54, 1.807) is 17.6 Å². The van der Waals surface area contributed by atoms with Crippen LogP contribution in [0.25, 0.3) is 5.69 Å². The minimum Gasteiger partial charge on any atom is -0.464 e. The van der Waals surface area contributed by atoms with Crippen molar-refractivity contribution in [2.45, 2.75) is 25.8 Å². The summed E-state index contributed by atoms with van der Waals surface area (Å²) in [5.74, 6) is -0.636. The summed E-state index contributed by atoms with van der Waals surface area (Å²) >= 11 is 0.967. The van der Waals surface area contributed by atoms with E-state index in [9.17, 15) is 14.0 Å². The second-order valence-electron chi connectivity index (χ2n) is 7.55. The predicted molar refractivity (Wildman–Crippen MR) is 119 cm³/mol. The summed E-state index contributed by atoms with van der Waals surface area (Å²) in [4.78, 5) is 28.9. The molecule has 1 aliphatic heterocycles. The van der Waals surface area contributed by atoms with Crippen LogP contribution in [0.3, 0.4) is 0 Å². The van der Waals surface area contributed by atoms with E-state index in [2.05, 4.69) is 14.8 Å². The molecule has 0 radical (unpaired) electrons. The Morgan fingerprint density at radius 3 is 2.73 bits per heavy atom. The number of carbonyl (C=O) groups excluding carboxylic acids is 1. The summed E-state index contributed by atoms with van der Waals surface area (Å²) in [6.45, 7) is 1.65. The first-order valence-corrected chi connectivity index (χ1v) is 11.1. The topological polar surface area (TPSA) is 88.2 Å². The quantitative estimate of drug-likeness (QED) is 0.413. The number of carbonyl (C=O) groups is 1. The van der Waals surface area contributed by atoms with E-state index in [0.717, 1.165) is 23.3 Å². The fourth-order valence-electron chi connectivity index (χ4n) is 3.91. The third-order valence-electron chi connectivity index (χ3n) is 5.49. The lowest BCUT2D eigenvalue weighted by Crippen LogP contribution is -2.26. The van der Waals surface area contributed by atoms with Crippen LogP contribution in [0.1, 0.15) is 39.3 Å². The molecule has 0 saturated heterocycles. The smallest absolute Gasteiger partial charge is 0.367 e. The van der Waals surface area contributed by atoms with Gasteiger partial charge in [-0.15, -0.1) is 5.10 Å². The number of hydrogen-bond donors (Lipinski definition) is 0. The Kier molecular flexibility index (Phi) is 5.29. The molecule has 0 bridgehead atoms. The Morgan fingerprint density at radius 2 is 2.00 bits per heavy atom. The van der Waals surface area contributed by atoms with Crippen molar-refractivity contribution in [1.82, 2.24) is 19.3 Å². The van der Waals surface area contributed by atoms with E-state index in [-0.39, 0.29) is 27.6 Å². The van der Waals surface area contributed by atoms with E-state index in [4.69, 9.17) is 4.74 Å². The molecular formula is C23H19FN4O4S. The minimum atomic E-state index is -0.667. The number of ether oxygens (including phenoxy) is 2. The Morgan fingerprint density at radius 1 is 1.21 bits per heavy atom. The molecule has 0 amide bonds. The minimum absolute atomic E-state index is 0.0520. The van der Waals surface area contributed by atoms with Crippen molar-refractivity contribution in [1.29, 1.82) is 0 Å². The van der Waals surface area contributed by atoms with Crippen molar-refractivity contribution < 1.29 is 18.7 Å². The number of aromatic nitrogens is 4. The second kappa shape index (κ2) is 8.28. The zero-order valence-electron chi connectivity index (χ0n) is 17.8. The van der Waals surface area contributed by atoms with Crippen LogP contribution >= 0.6 is 11.3 Å². The van der Waals surface area contributed by atoms with Gasteiger partial charge in [-0.2, -0.15) is 4.68 Å². The lowest BCUT2D eigenvalue weighted by molar-refractivity contribution is 0.0600. The van der Waals surface area contributed by atoms with Crippen LogP contribution in [-0.4, -0.2) is 32.4 Å². The summed E-state index contributed by atoms with van der Waals surface area (Å²) in [6.07, 6.45) is 1.46. The summed E-state index contributed by atoms with van der Waals surface area (Å²) < 4.78 is 28.1. The monoisotopic (exact) mass is 466 g/mol. The highest BCUT2D eigenvalue weighted by Gasteiger charge is 2.29. The normalized spacial score (nSPS) is 14.8. The van der Waals surface area contributed by atoms with Crippen molar-refractivity contribution in [2.75, 3.05) is 7.11 Å². The van der Waals surface area contributed by atoms with Gasteiger partial charge in [-0.1, -0.05) is 41.7 Å². The zero-order valence-corrected chi connectivity index (χ0v) is 18.6. The molecule has 2 aromatic carbocycles. The average Bonchev–Trinajstić information content (AvgIpc) is 3.50. The van der Waals surface area contributed by atoms with Gasteiger partial charge in [-0.05, 0) is 31.0 Å². The Hall–Kier alpha value is -3.79. The third-order valence-corrected chi connectivity index (χ3v) is 6.51. The first-order valence-electron chi connectivity index (χ1n) is 10.2. The molecule has 8 nitrogen and oxygen atoms in total. The van der Waals surface area contributed by atoms with Crippen LogP contribution in [0.2, 0.25) is 0 Å². The second-order valence-corrected chi connectivity index (χ2v) is 8.51. The first-order chi connectivity index (χ1) is 16.0. The lowest BCUT2D eigenvalue weighted by Gasteiger charge is -2.12. The van der Waals surface area contributed by atoms with Crippen LogP contribution in [0.4, 0.5) is 4.39 Å². The van der Waals surface area contributed by atoms with Gasteiger partial charge in [-0.25, -0.2) is 19.0 Å². The largest absolute Gasteiger partial charge is 0.464 e. The molecule has 1 aliphatic rings. The SMILES string of the molecule is COC(=O)c1nc(C)c(Oc2ccc(-n3nc4n(c3=O)[C@@H](c3ccccc3)CC4)cc2F)s1. The number of halogens is 1. The number of thiazole rings is 1. The number of methoxy groups -OCH3 is 1. The van der Waals surface area contributed by atoms with E-state index in [1.807, 2.05) is 30.3 Å². The number of esters is 1. The van der Waals surface area contributed by atoms with E-state index < -0.39 is 11.8 Å². The van der Waals surface area contributed by atoms with Crippen molar-refractivity contribution in [3.63, 3.8) is 0 Å². The highest BCUT2D eigenvalue weighted by atomic mass is 32.1. The van der Waals surface area contributed by atoms with Crippen molar-refractivity contribution >= 4 is 17.3 Å². The zero-order chi connectivity index (χ0) is 23.1. The molecule has 33 heavy (non-hydrogen) atoms. The fourth-order valence-corrected chi connectivity index (χ4v) is 4.76. The standard InChI is InChI=1S/C23H19FN4O4S/c1-13-22(33-20(25-13)21(29)31-2)32-18-10-8-15(12-16(18)24)28-23(30)27-17(9-11-19(27)26-28)14-6-4-3-5-7-14/h3-8,10,12,17H,9,11H2,1-2H3/t17-/m1/s1. The number of fused-ring (bicyclic) bond motifs is 1. The molecule has 0 fully saturated rings. The van der Waals surface area contributed by atoms with Gasteiger partial charge < -0.3 is 9.47 Å². The van der Waals surface area contributed by atoms with Gasteiger partial charge in [0, 0.05) is 12.5 Å². The maximum atomic E-state index is 14.9. The molecule has 0 saturated carbocycles. The van der Waals surface area contributed by atoms with Gasteiger partial charge in [0.25, 0.3) is 0 Å². The van der Waals surface area contributed by atoms with Crippen molar-refractivity contribution in [3.8, 4) is 16.5 Å². The molecule has 168 valence electrons. The molecule has 0 unspecified atom stereocenters. The lowest BCUT2D eigenvalue weighted by atomic mass is 10.1. The Labute approximate surface area is 191 Å². The van der Waals surface area contributed by atoms with E-state index in [0.29, 0.717) is 23.6 Å². The van der Waals surface area contributed by atoms with Crippen LogP contribution in [0.5, 0.6) is 10.8 Å². The van der Waals surface area contributed by atoms with Gasteiger partial charge in [0.05, 0.1) is 24.5 Å². The van der Waals surface area contributed by atoms with E-state index in [1.165, 1.54) is 23.9 Å². The fraction of sp³-hybridized carbons (Fsp3) is 0.217. The van der Waals surface area contributed by atoms with Gasteiger partial charge in [0.15, 0.2) is 11.6 Å². The predicted octanol–water partition coefficient (Wildman–Crippen LogP) is 4.05. The van der Waals surface area contributed by atoms with Crippen LogP contribution in [0, 0.1) is 12.7 Å². The van der Waals surface area contributed by atoms with Crippen molar-refractivity contribution in [2.24, 2.45) is 0 Å². The maximum Gasteiger partial charge on any atom is 0.367 e. The molecule has 3 heterocycles. The number of nitrogens with zero attached hydrogens (tertiary/aromatic N) is 4. The first kappa shape index (κ1) is 21.1. The van der Waals surface area contributed by atoms with Crippen molar-refractivity contribution in [3.05, 3.63) is 86.9 Å². The summed E-state index contributed by atoms with van der Waals surface area (Å²) in [6, 6.07) is 13.9. The molecule has 0 N–H and O–H groups in total. The number of aryl methyl sites for hydroxylation is 2. The molecule has 1 atom stereocenters. The van der Waals surface area contributed by atoms with Crippen LogP contribution in [0.15, 0.2) is 53.3 Å². The highest BCUT2D eigenvalue weighted by Crippen LogP contribution is 2.34. The summed E-state index contributed by atoms with van der Waals surface area (Å²) in [5, 5.41) is 4.84.